The maximum absolute atomic E-state index is 12.1. The summed E-state index contributed by atoms with van der Waals surface area (Å²) in [7, 11) is 1.61. The van der Waals surface area contributed by atoms with Crippen LogP contribution in [0.2, 0.25) is 10.0 Å². The molecule has 34 heavy (non-hydrogen) atoms. The smallest absolute Gasteiger partial charge is 0.356 e. The maximum Gasteiger partial charge on any atom is 0.356 e. The number of rotatable bonds is 10. The van der Waals surface area contributed by atoms with E-state index >= 15 is 0 Å². The highest BCUT2D eigenvalue weighted by atomic mass is 79.9. The summed E-state index contributed by atoms with van der Waals surface area (Å²) >= 11 is 15.7. The van der Waals surface area contributed by atoms with Crippen LogP contribution in [0, 0.1) is 6.92 Å². The Morgan fingerprint density at radius 1 is 1.24 bits per heavy atom. The molecule has 0 saturated heterocycles. The number of hydrogen-bond donors (Lipinski definition) is 2. The first-order chi connectivity index (χ1) is 16.2. The molecular weight excluding hydrogens is 541 g/mol. The van der Waals surface area contributed by atoms with Gasteiger partial charge in [-0.05, 0) is 65.2 Å². The van der Waals surface area contributed by atoms with Gasteiger partial charge in [0.15, 0.2) is 10.4 Å². The first-order valence-corrected chi connectivity index (χ1v) is 12.2. The zero-order chi connectivity index (χ0) is 24.8. The monoisotopic (exact) mass is 565 g/mol. The second-order valence-electron chi connectivity index (χ2n) is 7.89. The molecule has 2 N–H and O–H groups in total. The molecule has 0 aliphatic carbocycles. The van der Waals surface area contributed by atoms with E-state index in [9.17, 15) is 9.90 Å². The fourth-order valence-electron chi connectivity index (χ4n) is 3.79. The molecule has 1 heterocycles. The Kier molecular flexibility index (Phi) is 9.19. The molecule has 2 aromatic carbocycles. The Morgan fingerprint density at radius 3 is 2.56 bits per heavy atom. The first kappa shape index (κ1) is 26.3. The molecule has 1 unspecified atom stereocenters. The van der Waals surface area contributed by atoms with Gasteiger partial charge in [-0.3, -0.25) is 0 Å². The third-order valence-corrected chi connectivity index (χ3v) is 6.46. The van der Waals surface area contributed by atoms with Gasteiger partial charge in [0.1, 0.15) is 0 Å². The summed E-state index contributed by atoms with van der Waals surface area (Å²) in [5.41, 5.74) is 3.45. The molecule has 3 rings (SSSR count). The molecular formula is C25H26BrCl2N3O3. The molecule has 0 amide bonds. The second-order valence-corrected chi connectivity index (χ2v) is 9.47. The molecule has 0 radical (unpaired) electrons. The SMILES string of the molecule is COC[C@H](C)n1c(Br)nc(C(=O)O)c1C(/C=C/CNc1cc(Cl)ccc1C)c1ccc(Cl)cc1. The van der Waals surface area contributed by atoms with Gasteiger partial charge in [0.05, 0.1) is 18.3 Å². The fourth-order valence-corrected chi connectivity index (χ4v) is 4.81. The largest absolute Gasteiger partial charge is 0.476 e. The predicted molar refractivity (Wildman–Crippen MR) is 141 cm³/mol. The number of aryl methyl sites for hydroxylation is 1. The molecule has 0 aliphatic rings. The topological polar surface area (TPSA) is 76.4 Å². The summed E-state index contributed by atoms with van der Waals surface area (Å²) in [4.78, 5) is 16.5. The summed E-state index contributed by atoms with van der Waals surface area (Å²) in [5, 5.41) is 14.6. The van der Waals surface area contributed by atoms with Crippen LogP contribution in [0.15, 0.2) is 59.4 Å². The summed E-state index contributed by atoms with van der Waals surface area (Å²) in [5.74, 6) is -1.48. The second kappa shape index (κ2) is 11.9. The summed E-state index contributed by atoms with van der Waals surface area (Å²) in [6.45, 7) is 4.88. The van der Waals surface area contributed by atoms with Crippen molar-refractivity contribution >= 4 is 50.8 Å². The van der Waals surface area contributed by atoms with Crippen molar-refractivity contribution in [3.8, 4) is 0 Å². The lowest BCUT2D eigenvalue weighted by atomic mass is 9.93. The van der Waals surface area contributed by atoms with Crippen LogP contribution >= 0.6 is 39.1 Å². The van der Waals surface area contributed by atoms with Crippen molar-refractivity contribution in [2.75, 3.05) is 25.6 Å². The lowest BCUT2D eigenvalue weighted by Crippen LogP contribution is -2.18. The van der Waals surface area contributed by atoms with E-state index in [1.165, 1.54) is 0 Å². The third kappa shape index (κ3) is 6.21. The van der Waals surface area contributed by atoms with Gasteiger partial charge in [-0.1, -0.05) is 53.6 Å². The van der Waals surface area contributed by atoms with Crippen LogP contribution in [0.5, 0.6) is 0 Å². The van der Waals surface area contributed by atoms with Gasteiger partial charge in [-0.2, -0.15) is 0 Å². The molecule has 0 saturated carbocycles. The summed E-state index contributed by atoms with van der Waals surface area (Å²) < 4.78 is 7.64. The van der Waals surface area contributed by atoms with Gasteiger partial charge in [-0.25, -0.2) is 9.78 Å². The number of allylic oxidation sites excluding steroid dienone is 1. The third-order valence-electron chi connectivity index (χ3n) is 5.42. The van der Waals surface area contributed by atoms with E-state index in [0.29, 0.717) is 33.6 Å². The van der Waals surface area contributed by atoms with Crippen LogP contribution in [0.1, 0.15) is 46.2 Å². The van der Waals surface area contributed by atoms with Gasteiger partial charge in [-0.15, -0.1) is 0 Å². The van der Waals surface area contributed by atoms with Crippen LogP contribution in [-0.4, -0.2) is 40.9 Å². The van der Waals surface area contributed by atoms with Crippen molar-refractivity contribution < 1.29 is 14.6 Å². The molecule has 180 valence electrons. The van der Waals surface area contributed by atoms with Crippen molar-refractivity contribution in [3.63, 3.8) is 0 Å². The first-order valence-electron chi connectivity index (χ1n) is 10.6. The van der Waals surface area contributed by atoms with Crippen molar-refractivity contribution in [1.82, 2.24) is 9.55 Å². The van der Waals surface area contributed by atoms with Crippen molar-refractivity contribution in [2.45, 2.75) is 25.8 Å². The molecule has 0 bridgehead atoms. The van der Waals surface area contributed by atoms with Crippen LogP contribution < -0.4 is 5.32 Å². The number of hydrogen-bond acceptors (Lipinski definition) is 4. The number of aromatic carboxylic acids is 1. The number of benzene rings is 2. The van der Waals surface area contributed by atoms with E-state index < -0.39 is 5.97 Å². The minimum absolute atomic E-state index is 0.0157. The Balaban J connectivity index is 2.03. The molecule has 2 atom stereocenters. The lowest BCUT2D eigenvalue weighted by Gasteiger charge is -2.22. The summed E-state index contributed by atoms with van der Waals surface area (Å²) in [6, 6.07) is 12.9. The Hall–Kier alpha value is -2.32. The van der Waals surface area contributed by atoms with Gasteiger partial charge >= 0.3 is 5.97 Å². The van der Waals surface area contributed by atoms with E-state index in [1.807, 2.05) is 60.9 Å². The van der Waals surface area contributed by atoms with Crippen molar-refractivity contribution in [2.24, 2.45) is 0 Å². The number of nitrogens with zero attached hydrogens (tertiary/aromatic N) is 2. The summed E-state index contributed by atoms with van der Waals surface area (Å²) in [6.07, 6.45) is 3.94. The molecule has 0 aliphatic heterocycles. The zero-order valence-corrected chi connectivity index (χ0v) is 22.2. The molecule has 6 nitrogen and oxygen atoms in total. The highest BCUT2D eigenvalue weighted by Gasteiger charge is 2.29. The highest BCUT2D eigenvalue weighted by molar-refractivity contribution is 9.10. The number of halogens is 3. The van der Waals surface area contributed by atoms with Crippen molar-refractivity contribution in [3.05, 3.63) is 91.9 Å². The van der Waals surface area contributed by atoms with Crippen LogP contribution in [0.25, 0.3) is 0 Å². The Bertz CT molecular complexity index is 1180. The van der Waals surface area contributed by atoms with Gasteiger partial charge in [0, 0.05) is 35.3 Å². The Morgan fingerprint density at radius 2 is 1.91 bits per heavy atom. The normalized spacial score (nSPS) is 13.2. The highest BCUT2D eigenvalue weighted by Crippen LogP contribution is 2.34. The van der Waals surface area contributed by atoms with E-state index in [2.05, 4.69) is 26.2 Å². The fraction of sp³-hybridized carbons (Fsp3) is 0.280. The Labute approximate surface area is 217 Å². The number of imidazole rings is 1. The molecule has 0 fully saturated rings. The number of anilines is 1. The van der Waals surface area contributed by atoms with Crippen molar-refractivity contribution in [1.29, 1.82) is 0 Å². The van der Waals surface area contributed by atoms with E-state index in [1.54, 1.807) is 19.2 Å². The number of aromatic nitrogens is 2. The predicted octanol–water partition coefficient (Wildman–Crippen LogP) is 6.97. The van der Waals surface area contributed by atoms with Crippen LogP contribution in [0.3, 0.4) is 0 Å². The average Bonchev–Trinajstić information content (AvgIpc) is 3.14. The van der Waals surface area contributed by atoms with E-state index in [-0.39, 0.29) is 17.7 Å². The van der Waals surface area contributed by atoms with E-state index in [4.69, 9.17) is 27.9 Å². The quantitative estimate of drug-likeness (QED) is 0.259. The molecule has 1 aromatic heterocycles. The standard InChI is InChI=1S/C25H26BrCl2N3O3/c1-15-6-9-19(28)13-21(15)29-12-4-5-20(17-7-10-18(27)11-8-17)23-22(24(32)33)30-25(26)31(23)16(2)14-34-3/h4-11,13,16,20,29H,12,14H2,1-3H3,(H,32,33)/b5-4+/t16-,20?/m0/s1. The van der Waals surface area contributed by atoms with E-state index in [0.717, 1.165) is 16.8 Å². The molecule has 3 aromatic rings. The maximum atomic E-state index is 12.1. The number of carboxylic acid groups (broad SMARTS) is 1. The molecule has 9 heteroatoms. The minimum atomic E-state index is -1.10. The number of ether oxygens (including phenoxy) is 1. The molecule has 0 spiro atoms. The minimum Gasteiger partial charge on any atom is -0.476 e. The van der Waals surface area contributed by atoms with Gasteiger partial charge in [0.25, 0.3) is 0 Å². The lowest BCUT2D eigenvalue weighted by molar-refractivity contribution is 0.0689. The number of carbonyl (C=O) groups is 1. The average molecular weight is 567 g/mol. The number of carboxylic acids is 1. The zero-order valence-electron chi connectivity index (χ0n) is 19.1. The van der Waals surface area contributed by atoms with Crippen LogP contribution in [-0.2, 0) is 4.74 Å². The number of methoxy groups -OCH3 is 1. The van der Waals surface area contributed by atoms with Gasteiger partial charge in [0.2, 0.25) is 0 Å². The number of nitrogens with one attached hydrogen (secondary N) is 1. The van der Waals surface area contributed by atoms with Gasteiger partial charge < -0.3 is 19.7 Å². The van der Waals surface area contributed by atoms with Crippen LogP contribution in [0.4, 0.5) is 5.69 Å².